The van der Waals surface area contributed by atoms with Gasteiger partial charge < -0.3 is 15.2 Å². The molecule has 4 N–H and O–H groups in total. The molecule has 0 saturated heterocycles. The van der Waals surface area contributed by atoms with E-state index in [1.165, 1.54) is 11.3 Å². The molecule has 1 amide bonds. The second-order valence-electron chi connectivity index (χ2n) is 6.80. The SMILES string of the molecule is N=C(N)c1cc2c(O[C@@H](COC(=O)Nc3ccccc3)c3ccccc3)cccc2s1. The Labute approximate surface area is 183 Å². The van der Waals surface area contributed by atoms with E-state index in [-0.39, 0.29) is 12.4 Å². The third-order valence-corrected chi connectivity index (χ3v) is 5.75. The highest BCUT2D eigenvalue weighted by atomic mass is 32.1. The Morgan fingerprint density at radius 3 is 2.42 bits per heavy atom. The van der Waals surface area contributed by atoms with Crippen molar-refractivity contribution in [3.8, 4) is 5.75 Å². The Balaban J connectivity index is 1.54. The fourth-order valence-corrected chi connectivity index (χ4v) is 4.06. The number of benzene rings is 3. The van der Waals surface area contributed by atoms with Gasteiger partial charge >= 0.3 is 6.09 Å². The van der Waals surface area contributed by atoms with Crippen LogP contribution in [0.5, 0.6) is 5.75 Å². The van der Waals surface area contributed by atoms with Gasteiger partial charge in [-0.3, -0.25) is 10.7 Å². The molecule has 1 atom stereocenters. The van der Waals surface area contributed by atoms with Crippen LogP contribution in [0.15, 0.2) is 84.9 Å². The van der Waals surface area contributed by atoms with Crippen LogP contribution in [0.4, 0.5) is 10.5 Å². The molecule has 0 aliphatic rings. The van der Waals surface area contributed by atoms with Crippen LogP contribution in [-0.4, -0.2) is 18.5 Å². The van der Waals surface area contributed by atoms with Gasteiger partial charge in [-0.2, -0.15) is 0 Å². The van der Waals surface area contributed by atoms with Gasteiger partial charge in [-0.15, -0.1) is 11.3 Å². The minimum Gasteiger partial charge on any atom is -0.481 e. The van der Waals surface area contributed by atoms with Gasteiger partial charge in [0.15, 0.2) is 6.10 Å². The average molecular weight is 432 g/mol. The number of nitrogen functional groups attached to an aromatic ring is 1. The minimum atomic E-state index is -0.552. The summed E-state index contributed by atoms with van der Waals surface area (Å²) in [7, 11) is 0. The summed E-state index contributed by atoms with van der Waals surface area (Å²) in [5.74, 6) is 0.662. The number of nitrogens with two attached hydrogens (primary N) is 1. The molecule has 4 rings (SSSR count). The topological polar surface area (TPSA) is 97.4 Å². The Hall–Kier alpha value is -3.84. The molecule has 0 saturated carbocycles. The molecule has 1 heterocycles. The lowest BCUT2D eigenvalue weighted by Gasteiger charge is -2.20. The zero-order valence-corrected chi connectivity index (χ0v) is 17.4. The smallest absolute Gasteiger partial charge is 0.411 e. The zero-order chi connectivity index (χ0) is 21.6. The van der Waals surface area contributed by atoms with Crippen molar-refractivity contribution in [2.24, 2.45) is 5.73 Å². The van der Waals surface area contributed by atoms with Gasteiger partial charge in [0.25, 0.3) is 0 Å². The molecular weight excluding hydrogens is 410 g/mol. The highest BCUT2D eigenvalue weighted by Crippen LogP contribution is 2.35. The number of nitrogens with one attached hydrogen (secondary N) is 2. The molecule has 6 nitrogen and oxygen atoms in total. The van der Waals surface area contributed by atoms with Gasteiger partial charge in [-0.25, -0.2) is 4.79 Å². The second kappa shape index (κ2) is 9.32. The number of thiophene rings is 1. The van der Waals surface area contributed by atoms with Crippen molar-refractivity contribution in [1.29, 1.82) is 5.41 Å². The van der Waals surface area contributed by atoms with Crippen molar-refractivity contribution in [3.63, 3.8) is 0 Å². The number of amides is 1. The summed E-state index contributed by atoms with van der Waals surface area (Å²) in [6.07, 6.45) is -1.06. The maximum absolute atomic E-state index is 12.3. The first-order valence-electron chi connectivity index (χ1n) is 9.67. The molecule has 0 unspecified atom stereocenters. The lowest BCUT2D eigenvalue weighted by molar-refractivity contribution is 0.0910. The number of hydrogen-bond acceptors (Lipinski definition) is 5. The van der Waals surface area contributed by atoms with E-state index in [9.17, 15) is 4.79 Å². The van der Waals surface area contributed by atoms with Gasteiger partial charge in [-0.1, -0.05) is 54.6 Å². The first-order valence-corrected chi connectivity index (χ1v) is 10.5. The van der Waals surface area contributed by atoms with Crippen molar-refractivity contribution in [2.45, 2.75) is 6.10 Å². The van der Waals surface area contributed by atoms with Crippen molar-refractivity contribution in [1.82, 2.24) is 0 Å². The largest absolute Gasteiger partial charge is 0.481 e. The molecule has 31 heavy (non-hydrogen) atoms. The molecule has 0 fully saturated rings. The number of ether oxygens (including phenoxy) is 2. The number of amidine groups is 1. The minimum absolute atomic E-state index is 0.0210. The predicted octanol–water partition coefficient (Wildman–Crippen LogP) is 5.55. The summed E-state index contributed by atoms with van der Waals surface area (Å²) in [5.41, 5.74) is 7.19. The average Bonchev–Trinajstić information content (AvgIpc) is 3.24. The highest BCUT2D eigenvalue weighted by Gasteiger charge is 2.18. The van der Waals surface area contributed by atoms with Crippen LogP contribution in [0.1, 0.15) is 16.5 Å². The third kappa shape index (κ3) is 5.02. The van der Waals surface area contributed by atoms with Gasteiger partial charge in [0.2, 0.25) is 0 Å². The van der Waals surface area contributed by atoms with Crippen LogP contribution in [0.2, 0.25) is 0 Å². The molecule has 0 spiro atoms. The fourth-order valence-electron chi connectivity index (χ4n) is 3.12. The molecule has 156 valence electrons. The van der Waals surface area contributed by atoms with E-state index < -0.39 is 12.2 Å². The Kier molecular flexibility index (Phi) is 6.14. The first kappa shape index (κ1) is 20.4. The third-order valence-electron chi connectivity index (χ3n) is 4.61. The summed E-state index contributed by atoms with van der Waals surface area (Å²) in [4.78, 5) is 12.9. The number of anilines is 1. The van der Waals surface area contributed by atoms with E-state index in [1.807, 2.05) is 72.8 Å². The maximum Gasteiger partial charge on any atom is 0.411 e. The van der Waals surface area contributed by atoms with Crippen LogP contribution in [0.25, 0.3) is 10.1 Å². The van der Waals surface area contributed by atoms with E-state index in [0.717, 1.165) is 15.6 Å². The molecule has 7 heteroatoms. The first-order chi connectivity index (χ1) is 15.1. The summed E-state index contributed by atoms with van der Waals surface area (Å²) < 4.78 is 12.7. The summed E-state index contributed by atoms with van der Waals surface area (Å²) >= 11 is 1.44. The molecule has 0 bridgehead atoms. The van der Waals surface area contributed by atoms with E-state index in [2.05, 4.69) is 5.32 Å². The molecule has 0 aliphatic heterocycles. The highest BCUT2D eigenvalue weighted by molar-refractivity contribution is 7.20. The number of carbonyl (C=O) groups is 1. The lowest BCUT2D eigenvalue weighted by atomic mass is 10.1. The molecule has 0 radical (unpaired) electrons. The van der Waals surface area contributed by atoms with E-state index in [4.69, 9.17) is 20.6 Å². The van der Waals surface area contributed by atoms with Crippen molar-refractivity contribution >= 4 is 39.0 Å². The molecule has 0 aliphatic carbocycles. The quantitative estimate of drug-likeness (QED) is 0.264. The molecular formula is C24H21N3O3S. The molecule has 3 aromatic carbocycles. The number of para-hydroxylation sites is 1. The zero-order valence-electron chi connectivity index (χ0n) is 16.6. The second-order valence-corrected chi connectivity index (χ2v) is 7.88. The lowest BCUT2D eigenvalue weighted by Crippen LogP contribution is -2.21. The van der Waals surface area contributed by atoms with Crippen LogP contribution in [0, 0.1) is 5.41 Å². The molecule has 1 aromatic heterocycles. The van der Waals surface area contributed by atoms with E-state index in [0.29, 0.717) is 16.3 Å². The number of fused-ring (bicyclic) bond motifs is 1. The van der Waals surface area contributed by atoms with Gasteiger partial charge in [0.05, 0.1) is 4.88 Å². The summed E-state index contributed by atoms with van der Waals surface area (Å²) in [5, 5.41) is 11.3. The van der Waals surface area contributed by atoms with Crippen molar-refractivity contribution in [3.05, 3.63) is 95.4 Å². The Bertz CT molecular complexity index is 1190. The standard InChI is InChI=1S/C24H21N3O3S/c25-23(26)22-14-18-19(12-7-13-21(18)31-22)30-20(16-8-3-1-4-9-16)15-29-24(28)27-17-10-5-2-6-11-17/h1-14,20H,15H2,(H3,25,26)(H,27,28)/t20-/m0/s1. The van der Waals surface area contributed by atoms with Crippen LogP contribution in [0.3, 0.4) is 0 Å². The number of hydrogen-bond donors (Lipinski definition) is 3. The van der Waals surface area contributed by atoms with Crippen molar-refractivity contribution in [2.75, 3.05) is 11.9 Å². The van der Waals surface area contributed by atoms with Gasteiger partial charge in [0, 0.05) is 15.8 Å². The number of rotatable bonds is 7. The number of carbonyl (C=O) groups excluding carboxylic acids is 1. The van der Waals surface area contributed by atoms with Crippen LogP contribution < -0.4 is 15.8 Å². The molecule has 4 aromatic rings. The summed E-state index contributed by atoms with van der Waals surface area (Å²) in [6.45, 7) is 0.0305. The Morgan fingerprint density at radius 1 is 1.00 bits per heavy atom. The normalized spacial score (nSPS) is 11.6. The Morgan fingerprint density at radius 2 is 1.71 bits per heavy atom. The maximum atomic E-state index is 12.3. The predicted molar refractivity (Wildman–Crippen MR) is 124 cm³/mol. The van der Waals surface area contributed by atoms with E-state index >= 15 is 0 Å². The summed E-state index contributed by atoms with van der Waals surface area (Å²) in [6, 6.07) is 26.3. The van der Waals surface area contributed by atoms with E-state index in [1.54, 1.807) is 12.1 Å². The van der Waals surface area contributed by atoms with Crippen molar-refractivity contribution < 1.29 is 14.3 Å². The fraction of sp³-hybridized carbons (Fsp3) is 0.0833. The van der Waals surface area contributed by atoms with Crippen LogP contribution in [-0.2, 0) is 4.74 Å². The van der Waals surface area contributed by atoms with Gasteiger partial charge in [-0.05, 0) is 35.9 Å². The van der Waals surface area contributed by atoms with Gasteiger partial charge in [0.1, 0.15) is 18.2 Å². The van der Waals surface area contributed by atoms with Crippen LogP contribution >= 0.6 is 11.3 Å². The monoisotopic (exact) mass is 431 g/mol.